The van der Waals surface area contributed by atoms with Gasteiger partial charge in [0.2, 0.25) is 0 Å². The van der Waals surface area contributed by atoms with E-state index in [1.54, 1.807) is 18.2 Å². The van der Waals surface area contributed by atoms with E-state index in [2.05, 4.69) is 37.2 Å². The van der Waals surface area contributed by atoms with Gasteiger partial charge in [0.25, 0.3) is 5.91 Å². The zero-order valence-electron chi connectivity index (χ0n) is 7.19. The maximum absolute atomic E-state index is 11.5. The fourth-order valence-electron chi connectivity index (χ4n) is 0.900. The van der Waals surface area contributed by atoms with Gasteiger partial charge >= 0.3 is 0 Å². The third-order valence-electron chi connectivity index (χ3n) is 1.56. The number of carbonyl (C=O) groups excluding carboxylic acids is 1. The molecule has 1 N–H and O–H groups in total. The second-order valence-corrected chi connectivity index (χ2v) is 4.63. The van der Waals surface area contributed by atoms with E-state index < -0.39 is 0 Å². The van der Waals surface area contributed by atoms with E-state index in [-0.39, 0.29) is 5.91 Å². The molecule has 0 saturated carbocycles. The molecule has 1 amide bonds. The molecular formula is C9H8Br2ClNO. The number of carbonyl (C=O) groups is 1. The summed E-state index contributed by atoms with van der Waals surface area (Å²) in [5.41, 5.74) is 0.569. The van der Waals surface area contributed by atoms with Crippen molar-refractivity contribution in [2.24, 2.45) is 0 Å². The molecule has 0 bridgehead atoms. The summed E-state index contributed by atoms with van der Waals surface area (Å²) in [6.07, 6.45) is 0. The fraction of sp³-hybridized carbons (Fsp3) is 0.222. The van der Waals surface area contributed by atoms with E-state index in [1.165, 1.54) is 0 Å². The van der Waals surface area contributed by atoms with Crippen LogP contribution in [0.25, 0.3) is 0 Å². The van der Waals surface area contributed by atoms with Crippen molar-refractivity contribution in [2.45, 2.75) is 0 Å². The van der Waals surface area contributed by atoms with Gasteiger partial charge in [-0.15, -0.1) is 0 Å². The Morgan fingerprint density at radius 3 is 2.79 bits per heavy atom. The van der Waals surface area contributed by atoms with Crippen molar-refractivity contribution in [2.75, 3.05) is 11.9 Å². The molecule has 0 spiro atoms. The van der Waals surface area contributed by atoms with Gasteiger partial charge in [-0.25, -0.2) is 0 Å². The van der Waals surface area contributed by atoms with E-state index in [4.69, 9.17) is 11.6 Å². The van der Waals surface area contributed by atoms with Crippen LogP contribution in [0.1, 0.15) is 10.4 Å². The van der Waals surface area contributed by atoms with Crippen LogP contribution in [0.15, 0.2) is 22.7 Å². The minimum atomic E-state index is -0.112. The molecule has 0 aliphatic carbocycles. The molecule has 0 aromatic heterocycles. The zero-order chi connectivity index (χ0) is 10.6. The average Bonchev–Trinajstić information content (AvgIpc) is 2.18. The molecule has 0 saturated heterocycles. The summed E-state index contributed by atoms with van der Waals surface area (Å²) in [4.78, 5) is 11.5. The zero-order valence-corrected chi connectivity index (χ0v) is 11.1. The second kappa shape index (κ2) is 5.73. The first-order valence-electron chi connectivity index (χ1n) is 3.94. The van der Waals surface area contributed by atoms with Gasteiger partial charge in [0, 0.05) is 21.9 Å². The lowest BCUT2D eigenvalue weighted by molar-refractivity contribution is 0.0956. The summed E-state index contributed by atoms with van der Waals surface area (Å²) < 4.78 is 0.788. The highest BCUT2D eigenvalue weighted by molar-refractivity contribution is 9.10. The Balaban J connectivity index is 2.76. The SMILES string of the molecule is O=C(NCCBr)c1ccc(Br)c(Cl)c1. The number of hydrogen-bond acceptors (Lipinski definition) is 1. The van der Waals surface area contributed by atoms with Crippen molar-refractivity contribution in [3.8, 4) is 0 Å². The first-order chi connectivity index (χ1) is 6.65. The first-order valence-corrected chi connectivity index (χ1v) is 6.23. The molecule has 0 aliphatic heterocycles. The summed E-state index contributed by atoms with van der Waals surface area (Å²) in [6.45, 7) is 0.604. The monoisotopic (exact) mass is 339 g/mol. The van der Waals surface area contributed by atoms with Gasteiger partial charge < -0.3 is 5.32 Å². The third-order valence-corrected chi connectivity index (χ3v) is 3.19. The lowest BCUT2D eigenvalue weighted by atomic mass is 10.2. The summed E-state index contributed by atoms with van der Waals surface area (Å²) in [6, 6.07) is 5.11. The molecule has 0 aliphatic rings. The normalized spacial score (nSPS) is 9.93. The number of hydrogen-bond donors (Lipinski definition) is 1. The highest BCUT2D eigenvalue weighted by atomic mass is 79.9. The maximum atomic E-state index is 11.5. The standard InChI is InChI=1S/C9H8Br2ClNO/c10-3-4-13-9(14)6-1-2-7(11)8(12)5-6/h1-2,5H,3-4H2,(H,13,14). The molecule has 76 valence electrons. The van der Waals surface area contributed by atoms with Crippen LogP contribution in [-0.4, -0.2) is 17.8 Å². The molecule has 14 heavy (non-hydrogen) atoms. The average molecular weight is 341 g/mol. The Hall–Kier alpha value is -0.0600. The highest BCUT2D eigenvalue weighted by Gasteiger charge is 2.06. The molecule has 1 aromatic rings. The van der Waals surface area contributed by atoms with Crippen LogP contribution in [-0.2, 0) is 0 Å². The lowest BCUT2D eigenvalue weighted by Crippen LogP contribution is -2.25. The summed E-state index contributed by atoms with van der Waals surface area (Å²) in [5.74, 6) is -0.112. The van der Waals surface area contributed by atoms with Crippen LogP contribution in [0.4, 0.5) is 0 Å². The summed E-state index contributed by atoms with van der Waals surface area (Å²) >= 11 is 12.3. The molecular weight excluding hydrogens is 333 g/mol. The third kappa shape index (κ3) is 3.26. The van der Waals surface area contributed by atoms with E-state index in [1.807, 2.05) is 0 Å². The fourth-order valence-corrected chi connectivity index (χ4v) is 1.53. The van der Waals surface area contributed by atoms with Gasteiger partial charge in [0.05, 0.1) is 5.02 Å². The van der Waals surface area contributed by atoms with Crippen molar-refractivity contribution < 1.29 is 4.79 Å². The molecule has 0 unspecified atom stereocenters. The van der Waals surface area contributed by atoms with Crippen LogP contribution in [0, 0.1) is 0 Å². The summed E-state index contributed by atoms with van der Waals surface area (Å²) in [7, 11) is 0. The van der Waals surface area contributed by atoms with E-state index in [0.29, 0.717) is 17.1 Å². The van der Waals surface area contributed by atoms with Crippen LogP contribution in [0.5, 0.6) is 0 Å². The molecule has 5 heteroatoms. The summed E-state index contributed by atoms with van der Waals surface area (Å²) in [5, 5.41) is 4.01. The predicted octanol–water partition coefficient (Wildman–Crippen LogP) is 3.23. The topological polar surface area (TPSA) is 29.1 Å². The molecule has 0 radical (unpaired) electrons. The highest BCUT2D eigenvalue weighted by Crippen LogP contribution is 2.22. The Bertz CT molecular complexity index is 344. The largest absolute Gasteiger partial charge is 0.351 e. The van der Waals surface area contributed by atoms with E-state index in [9.17, 15) is 4.79 Å². The minimum Gasteiger partial charge on any atom is -0.351 e. The molecule has 0 heterocycles. The van der Waals surface area contributed by atoms with E-state index >= 15 is 0 Å². The number of amides is 1. The maximum Gasteiger partial charge on any atom is 0.251 e. The minimum absolute atomic E-state index is 0.112. The Kier molecular flexibility index (Phi) is 4.92. The Morgan fingerprint density at radius 2 is 2.21 bits per heavy atom. The predicted molar refractivity (Wildman–Crippen MR) is 65.3 cm³/mol. The van der Waals surface area contributed by atoms with Gasteiger partial charge in [-0.1, -0.05) is 27.5 Å². The van der Waals surface area contributed by atoms with Crippen molar-refractivity contribution in [3.63, 3.8) is 0 Å². The van der Waals surface area contributed by atoms with Crippen LogP contribution in [0.2, 0.25) is 5.02 Å². The lowest BCUT2D eigenvalue weighted by Gasteiger charge is -2.03. The van der Waals surface area contributed by atoms with Gasteiger partial charge in [0.1, 0.15) is 0 Å². The van der Waals surface area contributed by atoms with Gasteiger partial charge in [0.15, 0.2) is 0 Å². The molecule has 1 rings (SSSR count). The smallest absolute Gasteiger partial charge is 0.251 e. The Labute approximate surface area is 104 Å². The molecule has 0 atom stereocenters. The van der Waals surface area contributed by atoms with Crippen molar-refractivity contribution in [3.05, 3.63) is 33.3 Å². The van der Waals surface area contributed by atoms with Crippen LogP contribution in [0.3, 0.4) is 0 Å². The van der Waals surface area contributed by atoms with E-state index in [0.717, 1.165) is 9.80 Å². The quantitative estimate of drug-likeness (QED) is 0.841. The molecule has 1 aromatic carbocycles. The van der Waals surface area contributed by atoms with Gasteiger partial charge in [-0.2, -0.15) is 0 Å². The number of halogens is 3. The van der Waals surface area contributed by atoms with Gasteiger partial charge in [-0.05, 0) is 34.1 Å². The molecule has 2 nitrogen and oxygen atoms in total. The van der Waals surface area contributed by atoms with Crippen LogP contribution >= 0.6 is 43.5 Å². The van der Waals surface area contributed by atoms with Crippen LogP contribution < -0.4 is 5.32 Å². The number of benzene rings is 1. The van der Waals surface area contributed by atoms with Crippen molar-refractivity contribution in [1.82, 2.24) is 5.32 Å². The number of alkyl halides is 1. The van der Waals surface area contributed by atoms with Gasteiger partial charge in [-0.3, -0.25) is 4.79 Å². The van der Waals surface area contributed by atoms with Crippen molar-refractivity contribution in [1.29, 1.82) is 0 Å². The Morgan fingerprint density at radius 1 is 1.50 bits per heavy atom. The second-order valence-electron chi connectivity index (χ2n) is 2.57. The van der Waals surface area contributed by atoms with Crippen molar-refractivity contribution >= 4 is 49.4 Å². The number of nitrogens with one attached hydrogen (secondary N) is 1. The number of rotatable bonds is 3. The first kappa shape index (κ1) is 12.0. The molecule has 0 fully saturated rings.